The molecule has 0 amide bonds. The second-order valence-corrected chi connectivity index (χ2v) is 5.48. The highest BCUT2D eigenvalue weighted by Gasteiger charge is 2.21. The molecule has 3 rings (SSSR count). The Morgan fingerprint density at radius 1 is 1.32 bits per heavy atom. The van der Waals surface area contributed by atoms with Gasteiger partial charge in [0.2, 0.25) is 0 Å². The highest BCUT2D eigenvalue weighted by molar-refractivity contribution is 5.42. The van der Waals surface area contributed by atoms with E-state index in [4.69, 9.17) is 5.73 Å². The first kappa shape index (κ1) is 12.4. The lowest BCUT2D eigenvalue weighted by atomic mass is 9.84. The molecule has 0 aliphatic heterocycles. The molecule has 0 bridgehead atoms. The number of hydrogen-bond donors (Lipinski definition) is 1. The lowest BCUT2D eigenvalue weighted by molar-refractivity contribution is 0.283. The van der Waals surface area contributed by atoms with E-state index in [0.717, 1.165) is 0 Å². The van der Waals surface area contributed by atoms with Crippen LogP contribution in [0.5, 0.6) is 0 Å². The number of nitrogens with two attached hydrogens (primary N) is 1. The molecule has 2 N–H and O–H groups in total. The van der Waals surface area contributed by atoms with Crippen LogP contribution >= 0.6 is 0 Å². The van der Waals surface area contributed by atoms with Crippen LogP contribution in [-0.4, -0.2) is 20.2 Å². The predicted molar refractivity (Wildman–Crippen MR) is 74.0 cm³/mol. The van der Waals surface area contributed by atoms with Crippen molar-refractivity contribution in [3.63, 3.8) is 0 Å². The maximum Gasteiger partial charge on any atom is 0.276 e. The van der Waals surface area contributed by atoms with E-state index in [9.17, 15) is 4.79 Å². The van der Waals surface area contributed by atoms with Crippen LogP contribution in [0.2, 0.25) is 0 Å². The van der Waals surface area contributed by atoms with Gasteiger partial charge in [0, 0.05) is 25.0 Å². The molecule has 1 aliphatic rings. The molecule has 102 valence electrons. The largest absolute Gasteiger partial charge is 0.326 e. The van der Waals surface area contributed by atoms with Gasteiger partial charge >= 0.3 is 0 Å². The summed E-state index contributed by atoms with van der Waals surface area (Å²) in [5.41, 5.74) is 6.89. The molecule has 2 aromatic rings. The summed E-state index contributed by atoms with van der Waals surface area (Å²) < 4.78 is 3.32. The first-order valence-corrected chi connectivity index (χ1v) is 7.04. The minimum atomic E-state index is -0.00809. The lowest BCUT2D eigenvalue weighted by Crippen LogP contribution is -2.38. The van der Waals surface area contributed by atoms with E-state index >= 15 is 0 Å². The van der Waals surface area contributed by atoms with Crippen LogP contribution in [-0.2, 0) is 6.54 Å². The van der Waals surface area contributed by atoms with Crippen molar-refractivity contribution in [1.29, 1.82) is 0 Å². The zero-order chi connectivity index (χ0) is 13.2. The average Bonchev–Trinajstić information content (AvgIpc) is 2.92. The maximum atomic E-state index is 12.3. The molecule has 1 aliphatic carbocycles. The smallest absolute Gasteiger partial charge is 0.276 e. The van der Waals surface area contributed by atoms with E-state index < -0.39 is 0 Å². The molecule has 5 nitrogen and oxygen atoms in total. The van der Waals surface area contributed by atoms with Gasteiger partial charge in [-0.05, 0) is 24.8 Å². The second kappa shape index (κ2) is 5.17. The number of fused-ring (bicyclic) bond motifs is 1. The molecule has 1 atom stereocenters. The van der Waals surface area contributed by atoms with Gasteiger partial charge in [0.15, 0.2) is 0 Å². The minimum Gasteiger partial charge on any atom is -0.326 e. The second-order valence-electron chi connectivity index (χ2n) is 5.48. The Morgan fingerprint density at radius 3 is 2.89 bits per heavy atom. The molecule has 0 radical (unpaired) electrons. The van der Waals surface area contributed by atoms with Gasteiger partial charge in [0.25, 0.3) is 5.56 Å². The summed E-state index contributed by atoms with van der Waals surface area (Å²) in [5, 5.41) is 4.06. The number of nitrogens with zero attached hydrogens (tertiary/aromatic N) is 3. The van der Waals surface area contributed by atoms with Crippen molar-refractivity contribution in [1.82, 2.24) is 14.2 Å². The molecule has 2 heterocycles. The van der Waals surface area contributed by atoms with Crippen molar-refractivity contribution in [2.45, 2.75) is 44.7 Å². The van der Waals surface area contributed by atoms with Crippen LogP contribution in [0.4, 0.5) is 0 Å². The third-order valence-corrected chi connectivity index (χ3v) is 4.20. The van der Waals surface area contributed by atoms with Crippen molar-refractivity contribution < 1.29 is 0 Å². The maximum absolute atomic E-state index is 12.3. The van der Waals surface area contributed by atoms with Crippen LogP contribution in [0, 0.1) is 5.92 Å². The van der Waals surface area contributed by atoms with Crippen molar-refractivity contribution >= 4 is 5.52 Å². The van der Waals surface area contributed by atoms with Crippen LogP contribution in [0.3, 0.4) is 0 Å². The van der Waals surface area contributed by atoms with Crippen LogP contribution < -0.4 is 11.3 Å². The Labute approximate surface area is 112 Å². The first-order valence-electron chi connectivity index (χ1n) is 7.04. The fourth-order valence-electron chi connectivity index (χ4n) is 3.04. The number of hydrogen-bond acceptors (Lipinski definition) is 3. The van der Waals surface area contributed by atoms with E-state index in [1.807, 2.05) is 6.20 Å². The Hall–Kier alpha value is -1.62. The normalized spacial score (nSPS) is 18.8. The van der Waals surface area contributed by atoms with Crippen LogP contribution in [0.15, 0.2) is 29.5 Å². The Bertz CT molecular complexity index is 609. The van der Waals surface area contributed by atoms with Gasteiger partial charge in [-0.25, -0.2) is 4.52 Å². The van der Waals surface area contributed by atoms with Crippen molar-refractivity contribution in [2.24, 2.45) is 11.7 Å². The minimum absolute atomic E-state index is 0.00809. The summed E-state index contributed by atoms with van der Waals surface area (Å²) >= 11 is 0. The van der Waals surface area contributed by atoms with Crippen molar-refractivity contribution in [2.75, 3.05) is 0 Å². The molecule has 5 heteroatoms. The number of aromatic nitrogens is 3. The summed E-state index contributed by atoms with van der Waals surface area (Å²) in [6.07, 6.45) is 11.5. The van der Waals surface area contributed by atoms with Gasteiger partial charge in [-0.1, -0.05) is 19.3 Å². The highest BCUT2D eigenvalue weighted by atomic mass is 16.1. The van der Waals surface area contributed by atoms with Gasteiger partial charge in [-0.2, -0.15) is 5.10 Å². The quantitative estimate of drug-likeness (QED) is 0.907. The monoisotopic (exact) mass is 260 g/mol. The first-order chi connectivity index (χ1) is 9.25. The van der Waals surface area contributed by atoms with Gasteiger partial charge in [-0.3, -0.25) is 4.79 Å². The third-order valence-electron chi connectivity index (χ3n) is 4.20. The van der Waals surface area contributed by atoms with E-state index in [2.05, 4.69) is 5.10 Å². The Kier molecular flexibility index (Phi) is 3.38. The van der Waals surface area contributed by atoms with Gasteiger partial charge < -0.3 is 10.3 Å². The molecule has 1 unspecified atom stereocenters. The van der Waals surface area contributed by atoms with Gasteiger partial charge in [-0.15, -0.1) is 0 Å². The highest BCUT2D eigenvalue weighted by Crippen LogP contribution is 2.26. The zero-order valence-corrected chi connectivity index (χ0v) is 11.0. The Morgan fingerprint density at radius 2 is 2.11 bits per heavy atom. The predicted octanol–water partition coefficient (Wildman–Crippen LogP) is 1.40. The van der Waals surface area contributed by atoms with E-state index in [0.29, 0.717) is 18.0 Å². The zero-order valence-electron chi connectivity index (χ0n) is 11.0. The lowest BCUT2D eigenvalue weighted by Gasteiger charge is -2.27. The molecule has 19 heavy (non-hydrogen) atoms. The summed E-state index contributed by atoms with van der Waals surface area (Å²) in [5.74, 6) is 0.557. The van der Waals surface area contributed by atoms with Crippen LogP contribution in [0.25, 0.3) is 5.52 Å². The molecule has 1 saturated carbocycles. The molecule has 1 fully saturated rings. The fraction of sp³-hybridized carbons (Fsp3) is 0.571. The molecular formula is C14H20N4O. The molecule has 0 saturated heterocycles. The summed E-state index contributed by atoms with van der Waals surface area (Å²) in [7, 11) is 0. The summed E-state index contributed by atoms with van der Waals surface area (Å²) in [6.45, 7) is 0.602. The van der Waals surface area contributed by atoms with Crippen molar-refractivity contribution in [3.8, 4) is 0 Å². The number of rotatable bonds is 3. The summed E-state index contributed by atoms with van der Waals surface area (Å²) in [6, 6.07) is 1.81. The molecule has 0 aromatic carbocycles. The van der Waals surface area contributed by atoms with Crippen LogP contribution in [0.1, 0.15) is 32.1 Å². The average molecular weight is 260 g/mol. The molecular weight excluding hydrogens is 240 g/mol. The van der Waals surface area contributed by atoms with Gasteiger partial charge in [0.05, 0.1) is 6.20 Å². The van der Waals surface area contributed by atoms with E-state index in [1.54, 1.807) is 27.5 Å². The molecule has 2 aromatic heterocycles. The fourth-order valence-corrected chi connectivity index (χ4v) is 3.04. The summed E-state index contributed by atoms with van der Waals surface area (Å²) in [4.78, 5) is 12.3. The topological polar surface area (TPSA) is 65.3 Å². The molecule has 0 spiro atoms. The van der Waals surface area contributed by atoms with E-state index in [1.165, 1.54) is 32.1 Å². The van der Waals surface area contributed by atoms with Crippen molar-refractivity contribution in [3.05, 3.63) is 35.0 Å². The van der Waals surface area contributed by atoms with E-state index in [-0.39, 0.29) is 11.6 Å². The standard InChI is InChI=1S/C14H20N4O/c15-12(11-4-2-1-3-5-11)10-17-8-9-18-13(14(17)19)6-7-16-18/h6-9,11-12H,1-5,10,15H2. The third kappa shape index (κ3) is 2.42. The van der Waals surface area contributed by atoms with Gasteiger partial charge in [0.1, 0.15) is 5.52 Å². The SMILES string of the molecule is NC(Cn1ccn2nccc2c1=O)C1CCCCC1. The Balaban J connectivity index is 1.80.